The van der Waals surface area contributed by atoms with Crippen LogP contribution in [0.3, 0.4) is 0 Å². The maximum atomic E-state index is 13.4. The van der Waals surface area contributed by atoms with Gasteiger partial charge in [0.1, 0.15) is 12.4 Å². The Kier molecular flexibility index (Phi) is 7.33. The molecule has 34 heavy (non-hydrogen) atoms. The summed E-state index contributed by atoms with van der Waals surface area (Å²) in [7, 11) is 1.72. The van der Waals surface area contributed by atoms with Crippen LogP contribution in [0.4, 0.5) is 10.1 Å². The maximum absolute atomic E-state index is 13.4. The molecule has 1 aliphatic rings. The highest BCUT2D eigenvalue weighted by atomic mass is 32.2. The van der Waals surface area contributed by atoms with Crippen molar-refractivity contribution in [3.05, 3.63) is 94.1 Å². The van der Waals surface area contributed by atoms with Crippen LogP contribution in [0.25, 0.3) is 6.08 Å². The Morgan fingerprint density at radius 2 is 1.82 bits per heavy atom. The minimum Gasteiger partial charge on any atom is -0.490 e. The summed E-state index contributed by atoms with van der Waals surface area (Å²) in [6.45, 7) is 4.59. The van der Waals surface area contributed by atoms with Gasteiger partial charge >= 0.3 is 0 Å². The molecule has 0 spiro atoms. The number of carbonyl (C=O) groups is 1. The molecule has 5 nitrogen and oxygen atoms in total. The summed E-state index contributed by atoms with van der Waals surface area (Å²) in [6.07, 6.45) is 1.82. The number of nitrogens with zero attached hydrogens (tertiary/aromatic N) is 2. The van der Waals surface area contributed by atoms with E-state index in [0.29, 0.717) is 28.2 Å². The molecule has 174 valence electrons. The lowest BCUT2D eigenvalue weighted by molar-refractivity contribution is -0.121. The van der Waals surface area contributed by atoms with E-state index in [1.54, 1.807) is 30.1 Å². The fourth-order valence-corrected chi connectivity index (χ4v) is 4.31. The normalized spacial score (nSPS) is 15.9. The molecule has 1 fully saturated rings. The molecule has 3 aromatic carbocycles. The monoisotopic (exact) mass is 476 g/mol. The standard InChI is InChI=1S/C27H25FN2O3S/c1-4-32-24-15-19(10-13-23(24)33-17-20-6-5-7-21(28)14-20)16-25-26(31)30(3)27(34-25)29-22-11-8-18(2)9-12-22/h5-16H,4,17H2,1-3H3/b25-16+,29-27?. The number of benzene rings is 3. The van der Waals surface area contributed by atoms with Gasteiger partial charge in [0, 0.05) is 7.05 Å². The summed E-state index contributed by atoms with van der Waals surface area (Å²) in [5, 5.41) is 0.625. The smallest absolute Gasteiger partial charge is 0.266 e. The molecule has 1 heterocycles. The van der Waals surface area contributed by atoms with Crippen LogP contribution >= 0.6 is 11.8 Å². The molecule has 1 saturated heterocycles. The van der Waals surface area contributed by atoms with Gasteiger partial charge in [-0.1, -0.05) is 35.9 Å². The summed E-state index contributed by atoms with van der Waals surface area (Å²) in [6, 6.07) is 19.6. The predicted molar refractivity (Wildman–Crippen MR) is 135 cm³/mol. The van der Waals surface area contributed by atoms with Gasteiger partial charge in [-0.05, 0) is 79.2 Å². The molecule has 0 unspecified atom stereocenters. The highest BCUT2D eigenvalue weighted by molar-refractivity contribution is 8.18. The van der Waals surface area contributed by atoms with Gasteiger partial charge in [0.15, 0.2) is 16.7 Å². The first kappa shape index (κ1) is 23.6. The summed E-state index contributed by atoms with van der Waals surface area (Å²) in [4.78, 5) is 19.5. The molecule has 0 saturated carbocycles. The lowest BCUT2D eigenvalue weighted by Gasteiger charge is -2.13. The number of amides is 1. The quantitative estimate of drug-likeness (QED) is 0.373. The van der Waals surface area contributed by atoms with E-state index in [2.05, 4.69) is 4.99 Å². The summed E-state index contributed by atoms with van der Waals surface area (Å²) >= 11 is 1.33. The Hall–Kier alpha value is -3.58. The number of hydrogen-bond acceptors (Lipinski definition) is 5. The SMILES string of the molecule is CCOc1cc(/C=C2/SC(=Nc3ccc(C)cc3)N(C)C2=O)ccc1OCc1cccc(F)c1. The van der Waals surface area contributed by atoms with Crippen molar-refractivity contribution in [1.82, 2.24) is 4.90 Å². The lowest BCUT2D eigenvalue weighted by atomic mass is 10.1. The number of hydrogen-bond donors (Lipinski definition) is 0. The third-order valence-corrected chi connectivity index (χ3v) is 6.17. The number of halogens is 1. The molecule has 1 amide bonds. The van der Waals surface area contributed by atoms with Crippen molar-refractivity contribution >= 4 is 34.6 Å². The van der Waals surface area contributed by atoms with E-state index in [1.165, 1.54) is 23.9 Å². The van der Waals surface area contributed by atoms with Crippen LogP contribution in [0.5, 0.6) is 11.5 Å². The van der Waals surface area contributed by atoms with Gasteiger partial charge in [-0.15, -0.1) is 0 Å². The van der Waals surface area contributed by atoms with Crippen LogP contribution in [0.2, 0.25) is 0 Å². The minimum atomic E-state index is -0.304. The number of aryl methyl sites for hydroxylation is 1. The van der Waals surface area contributed by atoms with Crippen LogP contribution in [0, 0.1) is 12.7 Å². The molecule has 7 heteroatoms. The molecule has 3 aromatic rings. The van der Waals surface area contributed by atoms with Gasteiger partial charge in [-0.2, -0.15) is 0 Å². The molecule has 0 atom stereocenters. The number of ether oxygens (including phenoxy) is 2. The van der Waals surface area contributed by atoms with E-state index in [9.17, 15) is 9.18 Å². The van der Waals surface area contributed by atoms with E-state index < -0.39 is 0 Å². The number of carbonyl (C=O) groups excluding carboxylic acids is 1. The van der Waals surface area contributed by atoms with Crippen LogP contribution < -0.4 is 9.47 Å². The molecule has 0 aliphatic carbocycles. The molecule has 1 aliphatic heterocycles. The topological polar surface area (TPSA) is 51.1 Å². The fraction of sp³-hybridized carbons (Fsp3) is 0.185. The third-order valence-electron chi connectivity index (χ3n) is 5.11. The average molecular weight is 477 g/mol. The molecular formula is C27H25FN2O3S. The first-order valence-electron chi connectivity index (χ1n) is 10.9. The van der Waals surface area contributed by atoms with Crippen LogP contribution in [-0.4, -0.2) is 29.6 Å². The average Bonchev–Trinajstić information content (AvgIpc) is 3.08. The van der Waals surface area contributed by atoms with Crippen molar-refractivity contribution in [3.8, 4) is 11.5 Å². The number of amidine groups is 1. The Morgan fingerprint density at radius 1 is 1.03 bits per heavy atom. The van der Waals surface area contributed by atoms with E-state index in [1.807, 2.05) is 56.3 Å². The zero-order valence-corrected chi connectivity index (χ0v) is 20.1. The van der Waals surface area contributed by atoms with E-state index >= 15 is 0 Å². The summed E-state index contributed by atoms with van der Waals surface area (Å²) < 4.78 is 25.1. The van der Waals surface area contributed by atoms with E-state index in [4.69, 9.17) is 9.47 Å². The van der Waals surface area contributed by atoms with Gasteiger partial charge in [0.05, 0.1) is 17.2 Å². The van der Waals surface area contributed by atoms with E-state index in [0.717, 1.165) is 22.4 Å². The van der Waals surface area contributed by atoms with Crippen LogP contribution in [-0.2, 0) is 11.4 Å². The number of likely N-dealkylation sites (N-methyl/N-ethyl adjacent to an activating group) is 1. The first-order valence-corrected chi connectivity index (χ1v) is 11.7. The van der Waals surface area contributed by atoms with Crippen LogP contribution in [0.1, 0.15) is 23.6 Å². The zero-order chi connectivity index (χ0) is 24.1. The van der Waals surface area contributed by atoms with Crippen molar-refractivity contribution in [3.63, 3.8) is 0 Å². The maximum Gasteiger partial charge on any atom is 0.266 e. The van der Waals surface area contributed by atoms with Gasteiger partial charge in [-0.25, -0.2) is 9.38 Å². The summed E-state index contributed by atoms with van der Waals surface area (Å²) in [5.41, 5.74) is 3.49. The van der Waals surface area contributed by atoms with E-state index in [-0.39, 0.29) is 18.3 Å². The second-order valence-electron chi connectivity index (χ2n) is 7.76. The third kappa shape index (κ3) is 5.66. The molecule has 0 bridgehead atoms. The Morgan fingerprint density at radius 3 is 2.56 bits per heavy atom. The van der Waals surface area contributed by atoms with Crippen LogP contribution in [0.15, 0.2) is 76.6 Å². The fourth-order valence-electron chi connectivity index (χ4n) is 3.32. The minimum absolute atomic E-state index is 0.111. The van der Waals surface area contributed by atoms with Crippen molar-refractivity contribution < 1.29 is 18.7 Å². The zero-order valence-electron chi connectivity index (χ0n) is 19.2. The van der Waals surface area contributed by atoms with Crippen molar-refractivity contribution in [2.24, 2.45) is 4.99 Å². The number of rotatable bonds is 7. The highest BCUT2D eigenvalue weighted by Gasteiger charge is 2.30. The Bertz CT molecular complexity index is 1250. The second-order valence-corrected chi connectivity index (χ2v) is 8.77. The molecular weight excluding hydrogens is 451 g/mol. The number of aliphatic imine (C=N–C) groups is 1. The highest BCUT2D eigenvalue weighted by Crippen LogP contribution is 2.35. The second kappa shape index (κ2) is 10.6. The Labute approximate surface area is 202 Å². The van der Waals surface area contributed by atoms with Crippen molar-refractivity contribution in [2.45, 2.75) is 20.5 Å². The van der Waals surface area contributed by atoms with Crippen molar-refractivity contribution in [2.75, 3.05) is 13.7 Å². The molecule has 0 N–H and O–H groups in total. The van der Waals surface area contributed by atoms with Gasteiger partial charge in [0.25, 0.3) is 5.91 Å². The van der Waals surface area contributed by atoms with Gasteiger partial charge in [0.2, 0.25) is 0 Å². The first-order chi connectivity index (χ1) is 16.4. The predicted octanol–water partition coefficient (Wildman–Crippen LogP) is 6.35. The summed E-state index contributed by atoms with van der Waals surface area (Å²) in [5.74, 6) is 0.699. The molecule has 4 rings (SSSR count). The lowest BCUT2D eigenvalue weighted by Crippen LogP contribution is -2.23. The number of thioether (sulfide) groups is 1. The largest absolute Gasteiger partial charge is 0.490 e. The Balaban J connectivity index is 1.54. The molecule has 0 aromatic heterocycles. The van der Waals surface area contributed by atoms with Gasteiger partial charge in [-0.3, -0.25) is 9.69 Å². The van der Waals surface area contributed by atoms with Crippen molar-refractivity contribution in [1.29, 1.82) is 0 Å². The van der Waals surface area contributed by atoms with Gasteiger partial charge < -0.3 is 9.47 Å². The molecule has 0 radical (unpaired) electrons.